The SMILES string of the molecule is Cl.NC(N)=Nc1ccc(S(N)(=O)=O)cc1. The van der Waals surface area contributed by atoms with E-state index in [0.717, 1.165) is 0 Å². The van der Waals surface area contributed by atoms with E-state index in [1.165, 1.54) is 24.3 Å². The molecule has 0 heterocycles. The topological polar surface area (TPSA) is 125 Å². The first-order chi connectivity index (χ1) is 6.39. The molecule has 0 aromatic heterocycles. The average molecular weight is 251 g/mol. The van der Waals surface area contributed by atoms with Crippen molar-refractivity contribution in [2.75, 3.05) is 0 Å². The highest BCUT2D eigenvalue weighted by Gasteiger charge is 2.05. The maximum absolute atomic E-state index is 10.9. The lowest BCUT2D eigenvalue weighted by Crippen LogP contribution is -2.21. The van der Waals surface area contributed by atoms with Gasteiger partial charge in [0, 0.05) is 0 Å². The predicted octanol–water partition coefficient (Wildman–Crippen LogP) is -0.339. The van der Waals surface area contributed by atoms with Crippen LogP contribution >= 0.6 is 12.4 Å². The van der Waals surface area contributed by atoms with Gasteiger partial charge in [0.1, 0.15) is 0 Å². The minimum atomic E-state index is -3.66. The van der Waals surface area contributed by atoms with Crippen LogP contribution < -0.4 is 16.6 Å². The molecule has 0 amide bonds. The molecule has 0 fully saturated rings. The van der Waals surface area contributed by atoms with Gasteiger partial charge in [-0.05, 0) is 24.3 Å². The van der Waals surface area contributed by atoms with E-state index in [2.05, 4.69) is 4.99 Å². The highest BCUT2D eigenvalue weighted by Crippen LogP contribution is 2.14. The molecule has 8 heteroatoms. The van der Waals surface area contributed by atoms with Crippen LogP contribution in [0.3, 0.4) is 0 Å². The van der Waals surface area contributed by atoms with Gasteiger partial charge in [-0.3, -0.25) is 0 Å². The highest BCUT2D eigenvalue weighted by atomic mass is 35.5. The molecule has 6 nitrogen and oxygen atoms in total. The van der Waals surface area contributed by atoms with Crippen LogP contribution in [0.15, 0.2) is 34.2 Å². The molecule has 0 aliphatic rings. The molecule has 84 valence electrons. The van der Waals surface area contributed by atoms with Gasteiger partial charge in [0.25, 0.3) is 0 Å². The van der Waals surface area contributed by atoms with E-state index in [9.17, 15) is 8.42 Å². The normalized spacial score (nSPS) is 10.2. The Kier molecular flexibility index (Phi) is 4.53. The fraction of sp³-hybridized carbons (Fsp3) is 0. The van der Waals surface area contributed by atoms with Gasteiger partial charge in [-0.2, -0.15) is 0 Å². The Morgan fingerprint density at radius 3 is 1.93 bits per heavy atom. The Bertz CT molecular complexity index is 450. The smallest absolute Gasteiger partial charge is 0.238 e. The predicted molar refractivity (Wildman–Crippen MR) is 60.5 cm³/mol. The van der Waals surface area contributed by atoms with Crippen LogP contribution in [-0.2, 0) is 10.0 Å². The first kappa shape index (κ1) is 13.7. The number of benzene rings is 1. The van der Waals surface area contributed by atoms with Crippen LogP contribution in [-0.4, -0.2) is 14.4 Å². The molecule has 15 heavy (non-hydrogen) atoms. The standard InChI is InChI=1S/C7H10N4O2S.ClH/c8-7(9)11-5-1-3-6(4-2-5)14(10,12)13;/h1-4H,(H4,8,9,11)(H2,10,12,13);1H. The second kappa shape index (κ2) is 4.96. The maximum atomic E-state index is 10.9. The van der Waals surface area contributed by atoms with Crippen molar-refractivity contribution >= 4 is 34.1 Å². The summed E-state index contributed by atoms with van der Waals surface area (Å²) in [5, 5.41) is 4.90. The minimum absolute atomic E-state index is 0. The third-order valence-electron chi connectivity index (χ3n) is 1.42. The van der Waals surface area contributed by atoms with Gasteiger partial charge in [0.05, 0.1) is 10.6 Å². The molecule has 0 saturated heterocycles. The number of guanidine groups is 1. The van der Waals surface area contributed by atoms with E-state index < -0.39 is 10.0 Å². The van der Waals surface area contributed by atoms with Crippen LogP contribution in [0.5, 0.6) is 0 Å². The van der Waals surface area contributed by atoms with Crippen LogP contribution in [0.4, 0.5) is 5.69 Å². The number of hydrogen-bond donors (Lipinski definition) is 3. The molecule has 1 rings (SSSR count). The van der Waals surface area contributed by atoms with Crippen molar-refractivity contribution in [2.45, 2.75) is 4.90 Å². The third kappa shape index (κ3) is 4.15. The molecule has 0 unspecified atom stereocenters. The first-order valence-electron chi connectivity index (χ1n) is 3.62. The molecule has 0 aliphatic carbocycles. The van der Waals surface area contributed by atoms with Crippen LogP contribution in [0.25, 0.3) is 0 Å². The number of aliphatic imine (C=N–C) groups is 1. The van der Waals surface area contributed by atoms with Crippen molar-refractivity contribution in [1.82, 2.24) is 0 Å². The van der Waals surface area contributed by atoms with Crippen molar-refractivity contribution in [3.05, 3.63) is 24.3 Å². The Morgan fingerprint density at radius 1 is 1.13 bits per heavy atom. The van der Waals surface area contributed by atoms with Crippen molar-refractivity contribution in [2.24, 2.45) is 21.6 Å². The Hall–Kier alpha value is -1.31. The quantitative estimate of drug-likeness (QED) is 0.490. The lowest BCUT2D eigenvalue weighted by atomic mass is 10.3. The number of rotatable bonds is 2. The molecule has 0 spiro atoms. The zero-order valence-electron chi connectivity index (χ0n) is 7.62. The Balaban J connectivity index is 0.00000196. The van der Waals surface area contributed by atoms with Gasteiger partial charge in [0.15, 0.2) is 5.96 Å². The molecule has 6 N–H and O–H groups in total. The summed E-state index contributed by atoms with van der Waals surface area (Å²) >= 11 is 0. The first-order valence-corrected chi connectivity index (χ1v) is 5.17. The van der Waals surface area contributed by atoms with Gasteiger partial charge < -0.3 is 11.5 Å². The van der Waals surface area contributed by atoms with Crippen LogP contribution in [0.1, 0.15) is 0 Å². The summed E-state index contributed by atoms with van der Waals surface area (Å²) in [6.45, 7) is 0. The zero-order valence-corrected chi connectivity index (χ0v) is 9.25. The van der Waals surface area contributed by atoms with Crippen molar-refractivity contribution in [3.63, 3.8) is 0 Å². The number of sulfonamides is 1. The van der Waals surface area contributed by atoms with E-state index in [4.69, 9.17) is 16.6 Å². The summed E-state index contributed by atoms with van der Waals surface area (Å²) in [5.41, 5.74) is 10.7. The molecule has 0 radical (unpaired) electrons. The number of halogens is 1. The molecule has 0 saturated carbocycles. The van der Waals surface area contributed by atoms with E-state index >= 15 is 0 Å². The molecule has 1 aromatic carbocycles. The van der Waals surface area contributed by atoms with Gasteiger partial charge >= 0.3 is 0 Å². The van der Waals surface area contributed by atoms with Gasteiger partial charge in [0.2, 0.25) is 10.0 Å². The van der Waals surface area contributed by atoms with E-state index in [-0.39, 0.29) is 23.3 Å². The minimum Gasteiger partial charge on any atom is -0.370 e. The van der Waals surface area contributed by atoms with Crippen LogP contribution in [0, 0.1) is 0 Å². The van der Waals surface area contributed by atoms with Gasteiger partial charge in [-0.15, -0.1) is 12.4 Å². The molecular formula is C7H11ClN4O2S. The molecular weight excluding hydrogens is 240 g/mol. The number of nitrogens with zero attached hydrogens (tertiary/aromatic N) is 1. The summed E-state index contributed by atoms with van der Waals surface area (Å²) in [5.74, 6) is -0.0895. The lowest BCUT2D eigenvalue weighted by molar-refractivity contribution is 0.598. The Morgan fingerprint density at radius 2 is 1.60 bits per heavy atom. The number of primary sulfonamides is 1. The second-order valence-electron chi connectivity index (χ2n) is 2.58. The Labute approximate surface area is 93.6 Å². The van der Waals surface area contributed by atoms with Gasteiger partial charge in [-0.1, -0.05) is 0 Å². The third-order valence-corrected chi connectivity index (χ3v) is 2.35. The van der Waals surface area contributed by atoms with E-state index in [1.54, 1.807) is 0 Å². The highest BCUT2D eigenvalue weighted by molar-refractivity contribution is 7.89. The summed E-state index contributed by atoms with van der Waals surface area (Å²) in [7, 11) is -3.66. The molecule has 0 bridgehead atoms. The zero-order chi connectivity index (χ0) is 10.8. The molecule has 1 aromatic rings. The second-order valence-corrected chi connectivity index (χ2v) is 4.14. The summed E-state index contributed by atoms with van der Waals surface area (Å²) < 4.78 is 21.7. The van der Waals surface area contributed by atoms with Gasteiger partial charge in [-0.25, -0.2) is 18.5 Å². The van der Waals surface area contributed by atoms with Crippen LogP contribution in [0.2, 0.25) is 0 Å². The van der Waals surface area contributed by atoms with Crippen molar-refractivity contribution < 1.29 is 8.42 Å². The van der Waals surface area contributed by atoms with Crippen molar-refractivity contribution in [3.8, 4) is 0 Å². The fourth-order valence-corrected chi connectivity index (χ4v) is 1.37. The maximum Gasteiger partial charge on any atom is 0.238 e. The lowest BCUT2D eigenvalue weighted by Gasteiger charge is -1.98. The summed E-state index contributed by atoms with van der Waals surface area (Å²) in [6.07, 6.45) is 0. The number of nitrogens with two attached hydrogens (primary N) is 3. The number of hydrogen-bond acceptors (Lipinski definition) is 3. The monoisotopic (exact) mass is 250 g/mol. The average Bonchev–Trinajstić information content (AvgIpc) is 2.02. The van der Waals surface area contributed by atoms with E-state index in [0.29, 0.717) is 5.69 Å². The van der Waals surface area contributed by atoms with E-state index in [1.807, 2.05) is 0 Å². The molecule has 0 atom stereocenters. The molecule has 0 aliphatic heterocycles. The summed E-state index contributed by atoms with van der Waals surface area (Å²) in [4.78, 5) is 3.74. The largest absolute Gasteiger partial charge is 0.370 e. The summed E-state index contributed by atoms with van der Waals surface area (Å²) in [6, 6.07) is 5.58. The fourth-order valence-electron chi connectivity index (χ4n) is 0.859. The van der Waals surface area contributed by atoms with Crippen molar-refractivity contribution in [1.29, 1.82) is 0 Å².